The minimum atomic E-state index is 1.16. The summed E-state index contributed by atoms with van der Waals surface area (Å²) in [6.45, 7) is 7.09. The molecule has 1 heterocycles. The summed E-state index contributed by atoms with van der Waals surface area (Å²) in [5, 5.41) is 3.20. The minimum absolute atomic E-state index is 1.16. The third-order valence-corrected chi connectivity index (χ3v) is 2.93. The van der Waals surface area contributed by atoms with Crippen molar-refractivity contribution in [3.63, 3.8) is 0 Å². The number of unbranched alkanes of at least 4 members (excludes halogenated alkanes) is 1. The fourth-order valence-electron chi connectivity index (χ4n) is 1.99. The van der Waals surface area contributed by atoms with Gasteiger partial charge < -0.3 is 5.32 Å². The average molecular weight is 196 g/mol. The largest absolute Gasteiger partial charge is 0.320 e. The molecule has 0 atom stereocenters. The van der Waals surface area contributed by atoms with Crippen molar-refractivity contribution in [1.29, 1.82) is 0 Å². The molecule has 0 radical (unpaired) electrons. The summed E-state index contributed by atoms with van der Waals surface area (Å²) in [7, 11) is 2.03. The molecule has 2 nitrogen and oxygen atoms in total. The first-order chi connectivity index (χ1) is 6.86. The van der Waals surface area contributed by atoms with Crippen molar-refractivity contribution in [3.05, 3.63) is 11.6 Å². The van der Waals surface area contributed by atoms with Crippen LogP contribution in [0.4, 0.5) is 0 Å². The summed E-state index contributed by atoms with van der Waals surface area (Å²) < 4.78 is 0. The van der Waals surface area contributed by atoms with Gasteiger partial charge in [-0.05, 0) is 45.8 Å². The molecule has 0 amide bonds. The molecule has 0 aromatic carbocycles. The van der Waals surface area contributed by atoms with Crippen LogP contribution in [0.5, 0.6) is 0 Å². The van der Waals surface area contributed by atoms with Crippen LogP contribution in [0.25, 0.3) is 0 Å². The molecule has 0 aliphatic carbocycles. The Morgan fingerprint density at radius 1 is 1.43 bits per heavy atom. The zero-order valence-electron chi connectivity index (χ0n) is 9.68. The van der Waals surface area contributed by atoms with Crippen molar-refractivity contribution >= 4 is 0 Å². The highest BCUT2D eigenvalue weighted by atomic mass is 15.1. The Morgan fingerprint density at radius 3 is 3.00 bits per heavy atom. The quantitative estimate of drug-likeness (QED) is 0.516. The Morgan fingerprint density at radius 2 is 2.29 bits per heavy atom. The molecule has 0 bridgehead atoms. The maximum Gasteiger partial charge on any atom is 0.0192 e. The van der Waals surface area contributed by atoms with Gasteiger partial charge in [0.25, 0.3) is 0 Å². The third-order valence-electron chi connectivity index (χ3n) is 2.93. The summed E-state index contributed by atoms with van der Waals surface area (Å²) in [6, 6.07) is 0. The second-order valence-corrected chi connectivity index (χ2v) is 4.08. The van der Waals surface area contributed by atoms with Crippen molar-refractivity contribution < 1.29 is 0 Å². The summed E-state index contributed by atoms with van der Waals surface area (Å²) in [6.07, 6.45) is 7.66. The Balaban J connectivity index is 2.14. The van der Waals surface area contributed by atoms with Crippen LogP contribution in [-0.2, 0) is 0 Å². The lowest BCUT2D eigenvalue weighted by Crippen LogP contribution is -2.29. The third kappa shape index (κ3) is 4.25. The van der Waals surface area contributed by atoms with E-state index < -0.39 is 0 Å². The second-order valence-electron chi connectivity index (χ2n) is 4.08. The van der Waals surface area contributed by atoms with Crippen LogP contribution in [0.1, 0.15) is 32.6 Å². The molecule has 14 heavy (non-hydrogen) atoms. The fraction of sp³-hybridized carbons (Fsp3) is 0.833. The lowest BCUT2D eigenvalue weighted by atomic mass is 10.0. The van der Waals surface area contributed by atoms with Crippen molar-refractivity contribution in [1.82, 2.24) is 10.2 Å². The van der Waals surface area contributed by atoms with Crippen molar-refractivity contribution in [2.45, 2.75) is 32.6 Å². The molecule has 0 saturated heterocycles. The topological polar surface area (TPSA) is 15.3 Å². The molecule has 0 unspecified atom stereocenters. The average Bonchev–Trinajstić information content (AvgIpc) is 2.25. The molecule has 1 aliphatic heterocycles. The summed E-state index contributed by atoms with van der Waals surface area (Å²) in [5.41, 5.74) is 1.66. The first kappa shape index (κ1) is 11.7. The zero-order valence-corrected chi connectivity index (χ0v) is 9.68. The van der Waals surface area contributed by atoms with Gasteiger partial charge in [-0.3, -0.25) is 4.90 Å². The number of nitrogens with one attached hydrogen (secondary N) is 1. The van der Waals surface area contributed by atoms with E-state index in [4.69, 9.17) is 0 Å². The summed E-state index contributed by atoms with van der Waals surface area (Å²) in [5.74, 6) is 0. The Labute approximate surface area is 88.4 Å². The van der Waals surface area contributed by atoms with Crippen LogP contribution in [0.3, 0.4) is 0 Å². The number of rotatable bonds is 6. The van der Waals surface area contributed by atoms with E-state index in [-0.39, 0.29) is 0 Å². The van der Waals surface area contributed by atoms with Gasteiger partial charge in [-0.15, -0.1) is 0 Å². The van der Waals surface area contributed by atoms with Gasteiger partial charge in [-0.25, -0.2) is 0 Å². The predicted molar refractivity (Wildman–Crippen MR) is 62.6 cm³/mol. The maximum absolute atomic E-state index is 3.20. The molecule has 0 aromatic heterocycles. The molecule has 0 spiro atoms. The first-order valence-electron chi connectivity index (χ1n) is 5.91. The lowest BCUT2D eigenvalue weighted by molar-refractivity contribution is 0.301. The predicted octanol–water partition coefficient (Wildman–Crippen LogP) is 2.03. The molecular formula is C12H24N2. The zero-order chi connectivity index (χ0) is 10.2. The molecule has 0 saturated carbocycles. The van der Waals surface area contributed by atoms with Gasteiger partial charge in [-0.1, -0.05) is 18.6 Å². The van der Waals surface area contributed by atoms with Crippen LogP contribution < -0.4 is 5.32 Å². The van der Waals surface area contributed by atoms with Gasteiger partial charge in [0.05, 0.1) is 0 Å². The SMILES string of the molecule is CCN1CCC=C(CCCCNC)C1. The Bertz CT molecular complexity index is 175. The molecule has 1 N–H and O–H groups in total. The van der Waals surface area contributed by atoms with Gasteiger partial charge in [0.2, 0.25) is 0 Å². The molecule has 1 rings (SSSR count). The van der Waals surface area contributed by atoms with Crippen LogP contribution in [-0.4, -0.2) is 38.1 Å². The van der Waals surface area contributed by atoms with Crippen molar-refractivity contribution in [2.75, 3.05) is 33.2 Å². The van der Waals surface area contributed by atoms with Gasteiger partial charge in [-0.2, -0.15) is 0 Å². The van der Waals surface area contributed by atoms with Crippen molar-refractivity contribution in [3.8, 4) is 0 Å². The second kappa shape index (κ2) is 7.02. The van der Waals surface area contributed by atoms with E-state index in [1.807, 2.05) is 7.05 Å². The van der Waals surface area contributed by atoms with E-state index in [2.05, 4.69) is 23.2 Å². The van der Waals surface area contributed by atoms with Gasteiger partial charge >= 0.3 is 0 Å². The van der Waals surface area contributed by atoms with Gasteiger partial charge in [0.1, 0.15) is 0 Å². The molecule has 82 valence electrons. The standard InChI is InChI=1S/C12H24N2/c1-3-14-10-6-8-12(11-14)7-4-5-9-13-2/h8,13H,3-7,9-11H2,1-2H3. The van der Waals surface area contributed by atoms with Crippen LogP contribution in [0.15, 0.2) is 11.6 Å². The number of likely N-dealkylation sites (N-methyl/N-ethyl adjacent to an activating group) is 1. The Kier molecular flexibility index (Phi) is 5.88. The first-order valence-corrected chi connectivity index (χ1v) is 5.91. The summed E-state index contributed by atoms with van der Waals surface area (Å²) in [4.78, 5) is 2.54. The highest BCUT2D eigenvalue weighted by Crippen LogP contribution is 2.14. The Hall–Kier alpha value is -0.340. The van der Waals surface area contributed by atoms with E-state index >= 15 is 0 Å². The fourth-order valence-corrected chi connectivity index (χ4v) is 1.99. The highest BCUT2D eigenvalue weighted by molar-refractivity contribution is 5.07. The lowest BCUT2D eigenvalue weighted by Gasteiger charge is -2.25. The molecule has 0 fully saturated rings. The minimum Gasteiger partial charge on any atom is -0.320 e. The van der Waals surface area contributed by atoms with E-state index in [0.717, 1.165) is 6.54 Å². The molecule has 1 aliphatic rings. The van der Waals surface area contributed by atoms with Crippen LogP contribution >= 0.6 is 0 Å². The molecular weight excluding hydrogens is 172 g/mol. The monoisotopic (exact) mass is 196 g/mol. The number of nitrogens with zero attached hydrogens (tertiary/aromatic N) is 1. The molecule has 2 heteroatoms. The maximum atomic E-state index is 3.20. The van der Waals surface area contributed by atoms with Gasteiger partial charge in [0, 0.05) is 13.1 Å². The van der Waals surface area contributed by atoms with Gasteiger partial charge in [0.15, 0.2) is 0 Å². The van der Waals surface area contributed by atoms with Crippen molar-refractivity contribution in [2.24, 2.45) is 0 Å². The normalized spacial score (nSPS) is 18.3. The summed E-state index contributed by atoms with van der Waals surface area (Å²) >= 11 is 0. The molecule has 0 aromatic rings. The van der Waals surface area contributed by atoms with E-state index in [1.165, 1.54) is 45.3 Å². The van der Waals surface area contributed by atoms with E-state index in [9.17, 15) is 0 Å². The van der Waals surface area contributed by atoms with E-state index in [1.54, 1.807) is 5.57 Å². The van der Waals surface area contributed by atoms with E-state index in [0.29, 0.717) is 0 Å². The van der Waals surface area contributed by atoms with Crippen LogP contribution in [0, 0.1) is 0 Å². The smallest absolute Gasteiger partial charge is 0.0192 e. The highest BCUT2D eigenvalue weighted by Gasteiger charge is 2.09. The number of hydrogen-bond donors (Lipinski definition) is 1. The van der Waals surface area contributed by atoms with Crippen LogP contribution in [0.2, 0.25) is 0 Å². The number of hydrogen-bond acceptors (Lipinski definition) is 2.